The summed E-state index contributed by atoms with van der Waals surface area (Å²) in [6.07, 6.45) is 7.04. The molecule has 0 spiro atoms. The number of Topliss-reactive ketones (excluding diaryl/α,β-unsaturated/α-hetero) is 1. The van der Waals surface area contributed by atoms with Gasteiger partial charge in [-0.2, -0.15) is 0 Å². The van der Waals surface area contributed by atoms with Gasteiger partial charge in [0.2, 0.25) is 0 Å². The fourth-order valence-corrected chi connectivity index (χ4v) is 3.61. The Hall–Kier alpha value is -2.65. The molecule has 2 aromatic heterocycles. The van der Waals surface area contributed by atoms with Gasteiger partial charge in [-0.05, 0) is 36.8 Å². The lowest BCUT2D eigenvalue weighted by atomic mass is 9.60. The molecule has 1 aliphatic carbocycles. The number of rotatable bonds is 3. The lowest BCUT2D eigenvalue weighted by Crippen LogP contribution is -2.55. The topological polar surface area (TPSA) is 50.4 Å². The van der Waals surface area contributed by atoms with E-state index in [0.717, 1.165) is 16.7 Å². The van der Waals surface area contributed by atoms with Crippen molar-refractivity contribution in [3.8, 4) is 0 Å². The van der Waals surface area contributed by atoms with Gasteiger partial charge < -0.3 is 9.52 Å². The number of allylic oxidation sites excluding steroid dienone is 2. The van der Waals surface area contributed by atoms with E-state index in [4.69, 9.17) is 4.42 Å². The minimum Gasteiger partial charge on any atom is -0.457 e. The molecule has 0 aliphatic heterocycles. The highest BCUT2D eigenvalue weighted by Gasteiger charge is 2.55. The lowest BCUT2D eigenvalue weighted by molar-refractivity contribution is -0.134. The highest BCUT2D eigenvalue weighted by molar-refractivity contribution is 5.93. The Labute approximate surface area is 133 Å². The van der Waals surface area contributed by atoms with Gasteiger partial charge in [-0.1, -0.05) is 48.6 Å². The first-order chi connectivity index (χ1) is 11.1. The average molecular weight is 304 g/mol. The quantitative estimate of drug-likeness (QED) is 0.804. The molecule has 3 nitrogen and oxygen atoms in total. The second kappa shape index (κ2) is 4.67. The molecule has 3 heteroatoms. The van der Waals surface area contributed by atoms with Crippen LogP contribution in [0.3, 0.4) is 0 Å². The molecule has 1 aliphatic rings. The van der Waals surface area contributed by atoms with Gasteiger partial charge >= 0.3 is 0 Å². The standard InChI is InChI=1S/C20H16O3/c1-14(21)20(22)12-6-5-11-19(20,15-7-3-2-4-8-15)17-13-16-9-10-18(17)23-16/h2-13,22H,1H3/t19-,20+/m0/s1. The van der Waals surface area contributed by atoms with Crippen molar-refractivity contribution in [2.24, 2.45) is 0 Å². The zero-order valence-electron chi connectivity index (χ0n) is 12.7. The molecular weight excluding hydrogens is 288 g/mol. The molecule has 0 saturated carbocycles. The van der Waals surface area contributed by atoms with Crippen molar-refractivity contribution < 1.29 is 14.3 Å². The van der Waals surface area contributed by atoms with Crippen molar-refractivity contribution in [2.75, 3.05) is 0 Å². The predicted molar refractivity (Wildman–Crippen MR) is 88.5 cm³/mol. The third kappa shape index (κ3) is 1.71. The third-order valence-electron chi connectivity index (χ3n) is 4.77. The monoisotopic (exact) mass is 304 g/mol. The third-order valence-corrected chi connectivity index (χ3v) is 4.77. The van der Waals surface area contributed by atoms with Gasteiger partial charge in [0.05, 0.1) is 5.41 Å². The summed E-state index contributed by atoms with van der Waals surface area (Å²) in [6, 6.07) is 15.3. The highest BCUT2D eigenvalue weighted by atomic mass is 16.3. The number of ketones is 1. The van der Waals surface area contributed by atoms with Crippen molar-refractivity contribution in [1.29, 1.82) is 0 Å². The van der Waals surface area contributed by atoms with E-state index in [2.05, 4.69) is 0 Å². The van der Waals surface area contributed by atoms with E-state index in [9.17, 15) is 9.90 Å². The van der Waals surface area contributed by atoms with E-state index in [1.54, 1.807) is 12.2 Å². The van der Waals surface area contributed by atoms with Crippen LogP contribution in [0.2, 0.25) is 0 Å². The van der Waals surface area contributed by atoms with E-state index >= 15 is 0 Å². The summed E-state index contributed by atoms with van der Waals surface area (Å²) in [6.45, 7) is 1.42. The molecule has 3 aromatic rings. The van der Waals surface area contributed by atoms with E-state index in [0.29, 0.717) is 5.58 Å². The van der Waals surface area contributed by atoms with Crippen LogP contribution < -0.4 is 0 Å². The first-order valence-corrected chi connectivity index (χ1v) is 7.56. The minimum absolute atomic E-state index is 0.305. The molecule has 114 valence electrons. The number of hydrogen-bond donors (Lipinski definition) is 1. The maximum Gasteiger partial charge on any atom is 0.166 e. The number of fused-ring (bicyclic) bond motifs is 2. The molecule has 2 heterocycles. The van der Waals surface area contributed by atoms with Crippen LogP contribution in [0.1, 0.15) is 18.1 Å². The number of carbonyl (C=O) groups is 1. The highest BCUT2D eigenvalue weighted by Crippen LogP contribution is 2.49. The van der Waals surface area contributed by atoms with Crippen LogP contribution >= 0.6 is 0 Å². The minimum atomic E-state index is -1.66. The summed E-state index contributed by atoms with van der Waals surface area (Å²) in [5.74, 6) is -0.305. The maximum absolute atomic E-state index is 12.4. The summed E-state index contributed by atoms with van der Waals surface area (Å²) in [5, 5.41) is 11.4. The Morgan fingerprint density at radius 3 is 2.39 bits per heavy atom. The Morgan fingerprint density at radius 1 is 1.04 bits per heavy atom. The van der Waals surface area contributed by atoms with E-state index in [1.807, 2.05) is 60.7 Å². The fourth-order valence-electron chi connectivity index (χ4n) is 3.61. The number of carbonyl (C=O) groups excluding carboxylic acids is 1. The van der Waals surface area contributed by atoms with Gasteiger partial charge in [0, 0.05) is 5.56 Å². The Balaban J connectivity index is 2.09. The van der Waals surface area contributed by atoms with Gasteiger partial charge in [0.15, 0.2) is 11.4 Å². The number of aliphatic hydroxyl groups is 1. The van der Waals surface area contributed by atoms with Gasteiger partial charge in [0.1, 0.15) is 11.2 Å². The number of benzene rings is 2. The Morgan fingerprint density at radius 2 is 1.78 bits per heavy atom. The van der Waals surface area contributed by atoms with Crippen LogP contribution in [-0.4, -0.2) is 16.5 Å². The molecule has 0 saturated heterocycles. The van der Waals surface area contributed by atoms with Crippen molar-refractivity contribution in [3.63, 3.8) is 0 Å². The summed E-state index contributed by atoms with van der Waals surface area (Å²) in [5.41, 5.74) is 0.408. The van der Waals surface area contributed by atoms with Crippen LogP contribution in [0.5, 0.6) is 0 Å². The number of hydrogen-bond acceptors (Lipinski definition) is 3. The van der Waals surface area contributed by atoms with Crippen molar-refractivity contribution in [1.82, 2.24) is 0 Å². The molecular formula is C20H16O3. The molecule has 0 amide bonds. The zero-order chi connectivity index (χ0) is 16.1. The second-order valence-electron chi connectivity index (χ2n) is 5.97. The molecule has 23 heavy (non-hydrogen) atoms. The number of furan rings is 2. The van der Waals surface area contributed by atoms with Crippen molar-refractivity contribution in [2.45, 2.75) is 17.9 Å². The van der Waals surface area contributed by atoms with Crippen LogP contribution in [0.4, 0.5) is 0 Å². The van der Waals surface area contributed by atoms with Gasteiger partial charge in [0.25, 0.3) is 0 Å². The van der Waals surface area contributed by atoms with Gasteiger partial charge in [-0.15, -0.1) is 0 Å². The van der Waals surface area contributed by atoms with Crippen LogP contribution in [0, 0.1) is 0 Å². The summed E-state index contributed by atoms with van der Waals surface area (Å²) >= 11 is 0. The predicted octanol–water partition coefficient (Wildman–Crippen LogP) is 3.60. The zero-order valence-corrected chi connectivity index (χ0v) is 12.7. The normalized spacial score (nSPS) is 26.9. The molecule has 1 aromatic carbocycles. The summed E-state index contributed by atoms with van der Waals surface area (Å²) in [7, 11) is 0. The molecule has 4 rings (SSSR count). The molecule has 0 unspecified atom stereocenters. The SMILES string of the molecule is CC(=O)[C@]1(O)C=CC=C[C@]1(c1ccccc1)c1cc2ccc1o2. The second-order valence-corrected chi connectivity index (χ2v) is 5.97. The van der Waals surface area contributed by atoms with Gasteiger partial charge in [-0.3, -0.25) is 4.79 Å². The summed E-state index contributed by atoms with van der Waals surface area (Å²) in [4.78, 5) is 12.4. The van der Waals surface area contributed by atoms with Crippen molar-refractivity contribution in [3.05, 3.63) is 84.0 Å². The summed E-state index contributed by atoms with van der Waals surface area (Å²) < 4.78 is 5.71. The Kier molecular flexibility index (Phi) is 2.84. The molecule has 2 bridgehead atoms. The van der Waals surface area contributed by atoms with E-state index < -0.39 is 11.0 Å². The smallest absolute Gasteiger partial charge is 0.166 e. The molecule has 0 radical (unpaired) electrons. The first-order valence-electron chi connectivity index (χ1n) is 7.56. The average Bonchev–Trinajstić information content (AvgIpc) is 3.19. The van der Waals surface area contributed by atoms with Crippen LogP contribution in [0.25, 0.3) is 11.2 Å². The van der Waals surface area contributed by atoms with Crippen LogP contribution in [0.15, 0.2) is 77.3 Å². The van der Waals surface area contributed by atoms with Gasteiger partial charge in [-0.25, -0.2) is 0 Å². The fraction of sp³-hybridized carbons (Fsp3) is 0.150. The lowest BCUT2D eigenvalue weighted by Gasteiger charge is -2.44. The van der Waals surface area contributed by atoms with E-state index in [-0.39, 0.29) is 5.78 Å². The van der Waals surface area contributed by atoms with Crippen molar-refractivity contribution >= 4 is 16.9 Å². The molecule has 1 N–H and O–H groups in total. The molecule has 0 fully saturated rings. The first kappa shape index (κ1) is 14.0. The maximum atomic E-state index is 12.4. The molecule has 2 atom stereocenters. The Bertz CT molecular complexity index is 919. The largest absolute Gasteiger partial charge is 0.457 e. The van der Waals surface area contributed by atoms with Crippen LogP contribution in [-0.2, 0) is 10.2 Å². The van der Waals surface area contributed by atoms with E-state index in [1.165, 1.54) is 6.92 Å².